The third-order valence-corrected chi connectivity index (χ3v) is 8.63. The van der Waals surface area contributed by atoms with Crippen LogP contribution in [0.3, 0.4) is 0 Å². The number of nitrogens with zero attached hydrogens (tertiary/aromatic N) is 2. The highest BCUT2D eigenvalue weighted by Crippen LogP contribution is 2.32. The molecular weight excluding hydrogens is 460 g/mol. The van der Waals surface area contributed by atoms with E-state index in [4.69, 9.17) is 11.6 Å². The number of nitrogens with one attached hydrogen (secondary N) is 2. The van der Waals surface area contributed by atoms with Crippen LogP contribution >= 0.6 is 34.3 Å². The minimum Gasteiger partial charge on any atom is -0.342 e. The number of para-hydroxylation sites is 1. The summed E-state index contributed by atoms with van der Waals surface area (Å²) in [6, 6.07) is 14.2. The Bertz CT molecular complexity index is 1240. The van der Waals surface area contributed by atoms with Crippen LogP contribution in [0, 0.1) is 6.92 Å². The molecule has 0 saturated carbocycles. The van der Waals surface area contributed by atoms with E-state index in [1.807, 2.05) is 41.9 Å². The predicted octanol–water partition coefficient (Wildman–Crippen LogP) is 4.65. The molecular formula is C24H26ClN4OS2+. The second-order valence-corrected chi connectivity index (χ2v) is 10.8. The van der Waals surface area contributed by atoms with E-state index in [2.05, 4.69) is 34.9 Å². The Kier molecular flexibility index (Phi) is 6.07. The Hall–Kier alpha value is -2.19. The zero-order valence-electron chi connectivity index (χ0n) is 18.1. The lowest BCUT2D eigenvalue weighted by atomic mass is 10.1. The van der Waals surface area contributed by atoms with Crippen molar-refractivity contribution in [3.63, 3.8) is 0 Å². The fourth-order valence-electron chi connectivity index (χ4n) is 4.72. The number of benzene rings is 1. The van der Waals surface area contributed by atoms with Gasteiger partial charge in [-0.2, -0.15) is 5.10 Å². The maximum atomic E-state index is 13.3. The lowest BCUT2D eigenvalue weighted by Crippen LogP contribution is -3.11. The number of aryl methyl sites for hydroxylation is 1. The van der Waals surface area contributed by atoms with Crippen LogP contribution in [0.25, 0.3) is 15.9 Å². The molecule has 1 aliphatic heterocycles. The van der Waals surface area contributed by atoms with Gasteiger partial charge in [0.25, 0.3) is 5.91 Å². The first-order chi connectivity index (χ1) is 15.5. The SMILES string of the molecule is Cc1nn(-c2ccccc2Cl)c2sc(C(=O)N[C@@H](C)[C@H](c3cccs3)[NH+]3CCCC3)cc12. The van der Waals surface area contributed by atoms with E-state index in [0.717, 1.165) is 21.6 Å². The molecule has 4 heterocycles. The molecule has 0 bridgehead atoms. The van der Waals surface area contributed by atoms with Gasteiger partial charge in [0.1, 0.15) is 10.9 Å². The first-order valence-corrected chi connectivity index (χ1v) is 13.0. The molecule has 2 atom stereocenters. The number of amides is 1. The summed E-state index contributed by atoms with van der Waals surface area (Å²) < 4.78 is 1.85. The van der Waals surface area contributed by atoms with E-state index < -0.39 is 0 Å². The standard InChI is InChI=1S/C24H25ClN4OS2/c1-15-17-14-21(32-24(17)29(27-15)19-9-4-3-8-18(19)25)23(30)26-16(2)22(20-10-7-13-31-20)28-11-5-6-12-28/h3-4,7-10,13-14,16,22H,5-6,11-12H2,1-2H3,(H,26,30)/p+1/t16-,22+/m0/s1. The molecule has 0 spiro atoms. The Morgan fingerprint density at radius 3 is 2.72 bits per heavy atom. The largest absolute Gasteiger partial charge is 0.342 e. The number of quaternary nitrogens is 1. The number of aromatic nitrogens is 2. The first kappa shape index (κ1) is 21.6. The number of likely N-dealkylation sites (tertiary alicyclic amines) is 1. The molecule has 5 nitrogen and oxygen atoms in total. The van der Waals surface area contributed by atoms with E-state index in [1.165, 1.54) is 42.1 Å². The van der Waals surface area contributed by atoms with Crippen molar-refractivity contribution >= 4 is 50.4 Å². The van der Waals surface area contributed by atoms with Gasteiger partial charge < -0.3 is 10.2 Å². The number of carbonyl (C=O) groups excluding carboxylic acids is 1. The minimum absolute atomic E-state index is 0.0241. The summed E-state index contributed by atoms with van der Waals surface area (Å²) in [6.45, 7) is 6.44. The highest BCUT2D eigenvalue weighted by Gasteiger charge is 2.34. The Labute approximate surface area is 200 Å². The number of carbonyl (C=O) groups is 1. The molecule has 3 aromatic heterocycles. The fourth-order valence-corrected chi connectivity index (χ4v) is 7.00. The molecule has 0 unspecified atom stereocenters. The normalized spacial score (nSPS) is 16.5. The summed E-state index contributed by atoms with van der Waals surface area (Å²) in [5.41, 5.74) is 1.71. The van der Waals surface area contributed by atoms with E-state index in [1.54, 1.807) is 16.2 Å². The topological polar surface area (TPSA) is 51.4 Å². The summed E-state index contributed by atoms with van der Waals surface area (Å²) in [6.07, 6.45) is 2.51. The monoisotopic (exact) mass is 485 g/mol. The number of thiophene rings is 2. The zero-order chi connectivity index (χ0) is 22.2. The first-order valence-electron chi connectivity index (χ1n) is 11.0. The van der Waals surface area contributed by atoms with Crippen LogP contribution in [0.5, 0.6) is 0 Å². The number of rotatable bonds is 6. The van der Waals surface area contributed by atoms with Crippen molar-refractivity contribution in [3.8, 4) is 5.69 Å². The van der Waals surface area contributed by atoms with Gasteiger partial charge in [-0.1, -0.05) is 29.8 Å². The summed E-state index contributed by atoms with van der Waals surface area (Å²) in [5, 5.41) is 11.7. The average molecular weight is 486 g/mol. The average Bonchev–Trinajstić information content (AvgIpc) is 3.56. The van der Waals surface area contributed by atoms with Gasteiger partial charge in [0.15, 0.2) is 0 Å². The van der Waals surface area contributed by atoms with Gasteiger partial charge in [-0.25, -0.2) is 4.68 Å². The van der Waals surface area contributed by atoms with E-state index >= 15 is 0 Å². The number of fused-ring (bicyclic) bond motifs is 1. The number of hydrogen-bond acceptors (Lipinski definition) is 4. The van der Waals surface area contributed by atoms with Crippen LogP contribution < -0.4 is 10.2 Å². The lowest BCUT2D eigenvalue weighted by Gasteiger charge is -2.29. The summed E-state index contributed by atoms with van der Waals surface area (Å²) >= 11 is 9.66. The van der Waals surface area contributed by atoms with Crippen LogP contribution in [-0.2, 0) is 0 Å². The van der Waals surface area contributed by atoms with Crippen molar-refractivity contribution in [3.05, 3.63) is 68.3 Å². The Morgan fingerprint density at radius 2 is 2.00 bits per heavy atom. The van der Waals surface area contributed by atoms with Crippen LogP contribution in [0.15, 0.2) is 47.8 Å². The van der Waals surface area contributed by atoms with Crippen LogP contribution in [0.2, 0.25) is 5.02 Å². The van der Waals surface area contributed by atoms with Gasteiger partial charge in [0.2, 0.25) is 0 Å². The summed E-state index contributed by atoms with van der Waals surface area (Å²) in [4.78, 5) is 17.8. The van der Waals surface area contributed by atoms with Gasteiger partial charge in [-0.15, -0.1) is 22.7 Å². The molecule has 8 heteroatoms. The number of halogens is 1. The second kappa shape index (κ2) is 8.98. The molecule has 1 aliphatic rings. The van der Waals surface area contributed by atoms with E-state index in [0.29, 0.717) is 9.90 Å². The van der Waals surface area contributed by atoms with Gasteiger partial charge >= 0.3 is 0 Å². The van der Waals surface area contributed by atoms with Crippen molar-refractivity contribution in [1.29, 1.82) is 0 Å². The van der Waals surface area contributed by atoms with Crippen LogP contribution in [-0.4, -0.2) is 34.8 Å². The lowest BCUT2D eigenvalue weighted by molar-refractivity contribution is -0.920. The van der Waals surface area contributed by atoms with Gasteiger partial charge in [-0.3, -0.25) is 4.79 Å². The molecule has 1 amide bonds. The molecule has 4 aromatic rings. The Morgan fingerprint density at radius 1 is 1.22 bits per heavy atom. The molecule has 1 aromatic carbocycles. The van der Waals surface area contributed by atoms with Crippen molar-refractivity contribution in [2.24, 2.45) is 0 Å². The summed E-state index contributed by atoms with van der Waals surface area (Å²) in [5.74, 6) is -0.0241. The zero-order valence-corrected chi connectivity index (χ0v) is 20.5. The van der Waals surface area contributed by atoms with Crippen LogP contribution in [0.4, 0.5) is 0 Å². The molecule has 0 aliphatic carbocycles. The maximum absolute atomic E-state index is 13.3. The smallest absolute Gasteiger partial charge is 0.261 e. The van der Waals surface area contributed by atoms with Crippen LogP contribution in [0.1, 0.15) is 46.0 Å². The summed E-state index contributed by atoms with van der Waals surface area (Å²) in [7, 11) is 0. The van der Waals surface area contributed by atoms with Crippen molar-refractivity contribution in [2.75, 3.05) is 13.1 Å². The maximum Gasteiger partial charge on any atom is 0.261 e. The molecule has 0 radical (unpaired) electrons. The molecule has 2 N–H and O–H groups in total. The van der Waals surface area contributed by atoms with Crippen molar-refractivity contribution in [2.45, 2.75) is 38.8 Å². The molecule has 5 rings (SSSR count). The quantitative estimate of drug-likeness (QED) is 0.417. The van der Waals surface area contributed by atoms with E-state index in [-0.39, 0.29) is 18.0 Å². The highest BCUT2D eigenvalue weighted by atomic mass is 35.5. The van der Waals surface area contributed by atoms with Gasteiger partial charge in [-0.05, 0) is 43.5 Å². The highest BCUT2D eigenvalue weighted by molar-refractivity contribution is 7.20. The second-order valence-electron chi connectivity index (χ2n) is 8.40. The number of hydrogen-bond donors (Lipinski definition) is 2. The van der Waals surface area contributed by atoms with Crippen molar-refractivity contribution in [1.82, 2.24) is 15.1 Å². The molecule has 166 valence electrons. The minimum atomic E-state index is -0.0241. The molecule has 1 fully saturated rings. The predicted molar refractivity (Wildman–Crippen MR) is 133 cm³/mol. The van der Waals surface area contributed by atoms with Gasteiger partial charge in [0.05, 0.1) is 45.3 Å². The van der Waals surface area contributed by atoms with Gasteiger partial charge in [0, 0.05) is 18.2 Å². The molecule has 32 heavy (non-hydrogen) atoms. The van der Waals surface area contributed by atoms with Crippen molar-refractivity contribution < 1.29 is 9.69 Å². The van der Waals surface area contributed by atoms with E-state index in [9.17, 15) is 4.79 Å². The third-order valence-electron chi connectivity index (χ3n) is 6.24. The third kappa shape index (κ3) is 3.99. The molecule has 1 saturated heterocycles. The Balaban J connectivity index is 1.42. The fraction of sp³-hybridized carbons (Fsp3) is 0.333.